The molecule has 0 aliphatic heterocycles. The molecule has 2 atom stereocenters. The molecule has 0 amide bonds. The monoisotopic (exact) mass is 176 g/mol. The fraction of sp³-hybridized carbons (Fsp3) is 0.273. The zero-order valence-corrected chi connectivity index (χ0v) is 7.30. The molecule has 0 fully saturated rings. The molecule has 0 heterocycles. The van der Waals surface area contributed by atoms with Gasteiger partial charge in [-0.3, -0.25) is 0 Å². The van der Waals surface area contributed by atoms with E-state index >= 15 is 0 Å². The molecule has 1 rings (SSSR count). The van der Waals surface area contributed by atoms with Crippen LogP contribution in [0, 0.1) is 11.8 Å². The molecular formula is C11H12O2. The van der Waals surface area contributed by atoms with Crippen LogP contribution < -0.4 is 0 Å². The maximum Gasteiger partial charge on any atom is 0.130 e. The lowest BCUT2D eigenvalue weighted by molar-refractivity contribution is -0.110. The maximum absolute atomic E-state index is 10.5. The van der Waals surface area contributed by atoms with Crippen molar-refractivity contribution in [2.24, 2.45) is 11.8 Å². The number of hydrogen-bond acceptors (Lipinski definition) is 2. The number of carbonyl (C=O) groups is 2. The summed E-state index contributed by atoms with van der Waals surface area (Å²) in [6.45, 7) is 0. The predicted octanol–water partition coefficient (Wildman–Crippen LogP) is 1.69. The van der Waals surface area contributed by atoms with E-state index in [1.807, 2.05) is 24.3 Å². The van der Waals surface area contributed by atoms with Gasteiger partial charge in [0.25, 0.3) is 0 Å². The van der Waals surface area contributed by atoms with Crippen molar-refractivity contribution in [1.82, 2.24) is 0 Å². The Kier molecular flexibility index (Phi) is 3.89. The SMILES string of the molecule is O=C[C@H]1/C=C\C=C[C@@H](C=O)C/C=C\1. The van der Waals surface area contributed by atoms with Crippen LogP contribution in [-0.4, -0.2) is 12.6 Å². The Bertz CT molecular complexity index is 261. The van der Waals surface area contributed by atoms with Gasteiger partial charge in [-0.25, -0.2) is 0 Å². The minimum atomic E-state index is -0.157. The lowest BCUT2D eigenvalue weighted by atomic mass is 10.1. The highest BCUT2D eigenvalue weighted by molar-refractivity contribution is 5.61. The Morgan fingerprint density at radius 2 is 1.77 bits per heavy atom. The molecule has 13 heavy (non-hydrogen) atoms. The number of hydrogen-bond donors (Lipinski definition) is 0. The molecule has 0 aromatic carbocycles. The molecule has 0 unspecified atom stereocenters. The van der Waals surface area contributed by atoms with Gasteiger partial charge in [0, 0.05) is 5.92 Å². The van der Waals surface area contributed by atoms with E-state index in [1.54, 1.807) is 12.2 Å². The Morgan fingerprint density at radius 1 is 1.00 bits per heavy atom. The molecule has 1 aliphatic rings. The molecule has 0 spiro atoms. The molecule has 0 bridgehead atoms. The van der Waals surface area contributed by atoms with Crippen LogP contribution in [-0.2, 0) is 9.59 Å². The smallest absolute Gasteiger partial charge is 0.130 e. The van der Waals surface area contributed by atoms with Crippen LogP contribution in [0.3, 0.4) is 0 Å². The first-order chi connectivity index (χ1) is 6.36. The highest BCUT2D eigenvalue weighted by Gasteiger charge is 2.02. The fourth-order valence-corrected chi connectivity index (χ4v) is 1.13. The average molecular weight is 176 g/mol. The van der Waals surface area contributed by atoms with Gasteiger partial charge >= 0.3 is 0 Å². The summed E-state index contributed by atoms with van der Waals surface area (Å²) < 4.78 is 0. The minimum absolute atomic E-state index is 0.0636. The molecule has 0 saturated carbocycles. The highest BCUT2D eigenvalue weighted by Crippen LogP contribution is 2.08. The molecule has 0 aromatic rings. The summed E-state index contributed by atoms with van der Waals surface area (Å²) in [6, 6.07) is 0. The van der Waals surface area contributed by atoms with E-state index in [9.17, 15) is 9.59 Å². The predicted molar refractivity (Wildman–Crippen MR) is 51.1 cm³/mol. The second kappa shape index (κ2) is 5.25. The third-order valence-corrected chi connectivity index (χ3v) is 1.90. The number of allylic oxidation sites excluding steroid dienone is 6. The van der Waals surface area contributed by atoms with E-state index in [2.05, 4.69) is 0 Å². The second-order valence-corrected chi connectivity index (χ2v) is 2.95. The lowest BCUT2D eigenvalue weighted by Gasteiger charge is -1.97. The normalized spacial score (nSPS) is 32.3. The van der Waals surface area contributed by atoms with E-state index in [0.717, 1.165) is 12.6 Å². The standard InChI is InChI=1S/C11H12O2/c12-8-10-4-1-2-5-11(9-13)7-3-6-10/h1-6,8-11H,7H2/b4-1-,5-2?,6-3-/t10-,11+/m0/s1. The maximum atomic E-state index is 10.5. The van der Waals surface area contributed by atoms with Gasteiger partial charge in [-0.15, -0.1) is 0 Å². The first-order valence-corrected chi connectivity index (χ1v) is 4.29. The van der Waals surface area contributed by atoms with Crippen LogP contribution in [0.5, 0.6) is 0 Å². The fourth-order valence-electron chi connectivity index (χ4n) is 1.13. The lowest BCUT2D eigenvalue weighted by Crippen LogP contribution is -1.95. The summed E-state index contributed by atoms with van der Waals surface area (Å²) in [5, 5.41) is 0. The Labute approximate surface area is 77.6 Å². The van der Waals surface area contributed by atoms with E-state index in [0.29, 0.717) is 6.42 Å². The van der Waals surface area contributed by atoms with Gasteiger partial charge in [0.15, 0.2) is 0 Å². The summed E-state index contributed by atoms with van der Waals surface area (Å²) in [5.41, 5.74) is 0. The topological polar surface area (TPSA) is 34.1 Å². The van der Waals surface area contributed by atoms with Gasteiger partial charge in [0.1, 0.15) is 12.6 Å². The largest absolute Gasteiger partial charge is 0.303 e. The Hall–Kier alpha value is -1.44. The summed E-state index contributed by atoms with van der Waals surface area (Å²) >= 11 is 0. The molecule has 2 heteroatoms. The first kappa shape index (κ1) is 9.65. The zero-order chi connectivity index (χ0) is 9.52. The number of carbonyl (C=O) groups excluding carboxylic acids is 2. The Morgan fingerprint density at radius 3 is 2.46 bits per heavy atom. The van der Waals surface area contributed by atoms with Gasteiger partial charge in [-0.1, -0.05) is 36.5 Å². The molecular weight excluding hydrogens is 164 g/mol. The summed E-state index contributed by atoms with van der Waals surface area (Å²) in [5.74, 6) is -0.221. The van der Waals surface area contributed by atoms with Gasteiger partial charge in [0.05, 0.1) is 5.92 Å². The van der Waals surface area contributed by atoms with Crippen LogP contribution >= 0.6 is 0 Å². The second-order valence-electron chi connectivity index (χ2n) is 2.95. The van der Waals surface area contributed by atoms with Crippen molar-refractivity contribution in [3.8, 4) is 0 Å². The van der Waals surface area contributed by atoms with Crippen molar-refractivity contribution >= 4 is 12.6 Å². The van der Waals surface area contributed by atoms with Crippen LogP contribution in [0.2, 0.25) is 0 Å². The van der Waals surface area contributed by atoms with Gasteiger partial charge in [-0.2, -0.15) is 0 Å². The van der Waals surface area contributed by atoms with Crippen molar-refractivity contribution in [2.45, 2.75) is 6.42 Å². The van der Waals surface area contributed by atoms with E-state index in [-0.39, 0.29) is 11.8 Å². The van der Waals surface area contributed by atoms with Gasteiger partial charge < -0.3 is 9.59 Å². The van der Waals surface area contributed by atoms with Crippen molar-refractivity contribution in [1.29, 1.82) is 0 Å². The van der Waals surface area contributed by atoms with Crippen molar-refractivity contribution in [3.63, 3.8) is 0 Å². The highest BCUT2D eigenvalue weighted by atomic mass is 16.1. The summed E-state index contributed by atoms with van der Waals surface area (Å²) in [4.78, 5) is 21.0. The van der Waals surface area contributed by atoms with Crippen molar-refractivity contribution in [2.75, 3.05) is 0 Å². The quantitative estimate of drug-likeness (QED) is 0.474. The molecule has 68 valence electrons. The molecule has 0 aromatic heterocycles. The molecule has 0 radical (unpaired) electrons. The van der Waals surface area contributed by atoms with Crippen molar-refractivity contribution in [3.05, 3.63) is 36.5 Å². The zero-order valence-electron chi connectivity index (χ0n) is 7.30. The van der Waals surface area contributed by atoms with Gasteiger partial charge in [0.2, 0.25) is 0 Å². The molecule has 1 aliphatic carbocycles. The van der Waals surface area contributed by atoms with Crippen molar-refractivity contribution < 1.29 is 9.59 Å². The average Bonchev–Trinajstić information content (AvgIpc) is 2.28. The van der Waals surface area contributed by atoms with E-state index in [4.69, 9.17) is 0 Å². The number of rotatable bonds is 2. The molecule has 2 nitrogen and oxygen atoms in total. The first-order valence-electron chi connectivity index (χ1n) is 4.29. The summed E-state index contributed by atoms with van der Waals surface area (Å²) in [6.07, 6.45) is 13.4. The third kappa shape index (κ3) is 3.20. The minimum Gasteiger partial charge on any atom is -0.303 e. The van der Waals surface area contributed by atoms with Crippen LogP contribution in [0.4, 0.5) is 0 Å². The number of aldehydes is 2. The Balaban J connectivity index is 2.73. The van der Waals surface area contributed by atoms with E-state index < -0.39 is 0 Å². The van der Waals surface area contributed by atoms with E-state index in [1.165, 1.54) is 0 Å². The van der Waals surface area contributed by atoms with Crippen LogP contribution in [0.1, 0.15) is 6.42 Å². The molecule has 0 saturated heterocycles. The van der Waals surface area contributed by atoms with Gasteiger partial charge in [-0.05, 0) is 6.42 Å². The third-order valence-electron chi connectivity index (χ3n) is 1.90. The van der Waals surface area contributed by atoms with Crippen LogP contribution in [0.25, 0.3) is 0 Å². The molecule has 0 N–H and O–H groups in total. The summed E-state index contributed by atoms with van der Waals surface area (Å²) in [7, 11) is 0. The van der Waals surface area contributed by atoms with Crippen LogP contribution in [0.15, 0.2) is 36.5 Å².